The Morgan fingerprint density at radius 3 is 2.60 bits per heavy atom. The van der Waals surface area contributed by atoms with E-state index in [2.05, 4.69) is 6.92 Å². The van der Waals surface area contributed by atoms with E-state index in [0.717, 1.165) is 13.0 Å². The maximum Gasteiger partial charge on any atom is 0.332 e. The van der Waals surface area contributed by atoms with E-state index in [1.165, 1.54) is 18.9 Å². The van der Waals surface area contributed by atoms with Crippen molar-refractivity contribution in [3.05, 3.63) is 11.8 Å². The van der Waals surface area contributed by atoms with Crippen molar-refractivity contribution in [2.24, 2.45) is 5.73 Å². The number of esters is 1. The number of hydrogen-bond donors (Lipinski definition) is 1. The Hall–Kier alpha value is -1.03. The van der Waals surface area contributed by atoms with Crippen LogP contribution in [0.5, 0.6) is 0 Å². The van der Waals surface area contributed by atoms with Crippen molar-refractivity contribution in [2.45, 2.75) is 33.1 Å². The summed E-state index contributed by atoms with van der Waals surface area (Å²) in [5.74, 6) is -0.410. The smallest absolute Gasteiger partial charge is 0.332 e. The zero-order chi connectivity index (χ0) is 11.5. The van der Waals surface area contributed by atoms with Gasteiger partial charge in [-0.15, -0.1) is 0 Å². The lowest BCUT2D eigenvalue weighted by molar-refractivity contribution is -0.139. The second-order valence-electron chi connectivity index (χ2n) is 3.38. The summed E-state index contributed by atoms with van der Waals surface area (Å²) in [6.45, 7) is 5.25. The molecule has 88 valence electrons. The molecule has 4 heteroatoms. The summed E-state index contributed by atoms with van der Waals surface area (Å²) in [5.41, 5.74) is 5.76. The lowest BCUT2D eigenvalue weighted by Crippen LogP contribution is -2.10. The highest BCUT2D eigenvalue weighted by Crippen LogP contribution is 1.94. The second-order valence-corrected chi connectivity index (χ2v) is 3.38. The number of unbranched alkanes of at least 4 members (excludes halogenated alkanes) is 2. The van der Waals surface area contributed by atoms with Gasteiger partial charge in [0.1, 0.15) is 6.61 Å². The van der Waals surface area contributed by atoms with Gasteiger partial charge in [0.15, 0.2) is 0 Å². The zero-order valence-corrected chi connectivity index (χ0v) is 9.62. The standard InChI is InChI=1S/C11H21NO3/c1-3-4-5-6-14-7-8-15-11(13)9-10(2)12/h9H,3-8,12H2,1-2H3. The summed E-state index contributed by atoms with van der Waals surface area (Å²) in [7, 11) is 0. The fourth-order valence-electron chi connectivity index (χ4n) is 0.985. The van der Waals surface area contributed by atoms with Gasteiger partial charge in [-0.25, -0.2) is 4.79 Å². The maximum absolute atomic E-state index is 11.0. The van der Waals surface area contributed by atoms with Gasteiger partial charge in [0, 0.05) is 18.4 Å². The minimum absolute atomic E-state index is 0.286. The fourth-order valence-corrected chi connectivity index (χ4v) is 0.985. The van der Waals surface area contributed by atoms with E-state index in [1.807, 2.05) is 0 Å². The van der Waals surface area contributed by atoms with Crippen LogP contribution in [-0.2, 0) is 14.3 Å². The van der Waals surface area contributed by atoms with Gasteiger partial charge in [0.25, 0.3) is 0 Å². The molecule has 0 unspecified atom stereocenters. The van der Waals surface area contributed by atoms with Gasteiger partial charge in [-0.3, -0.25) is 0 Å². The summed E-state index contributed by atoms with van der Waals surface area (Å²) in [6.07, 6.45) is 4.68. The molecule has 0 saturated carbocycles. The molecule has 0 radical (unpaired) electrons. The molecule has 2 N–H and O–H groups in total. The van der Waals surface area contributed by atoms with Gasteiger partial charge in [0.2, 0.25) is 0 Å². The molecule has 15 heavy (non-hydrogen) atoms. The third kappa shape index (κ3) is 10.9. The van der Waals surface area contributed by atoms with Crippen molar-refractivity contribution in [2.75, 3.05) is 19.8 Å². The first kappa shape index (κ1) is 14.0. The quantitative estimate of drug-likeness (QED) is 0.379. The van der Waals surface area contributed by atoms with Crippen LogP contribution in [0.2, 0.25) is 0 Å². The molecular formula is C11H21NO3. The fraction of sp³-hybridized carbons (Fsp3) is 0.727. The molecule has 0 aliphatic carbocycles. The van der Waals surface area contributed by atoms with Crippen molar-refractivity contribution in [1.29, 1.82) is 0 Å². The van der Waals surface area contributed by atoms with E-state index >= 15 is 0 Å². The molecule has 4 nitrogen and oxygen atoms in total. The van der Waals surface area contributed by atoms with Gasteiger partial charge >= 0.3 is 5.97 Å². The Labute approximate surface area is 91.4 Å². The van der Waals surface area contributed by atoms with Crippen LogP contribution >= 0.6 is 0 Å². The van der Waals surface area contributed by atoms with E-state index in [0.29, 0.717) is 12.3 Å². The van der Waals surface area contributed by atoms with Crippen molar-refractivity contribution in [1.82, 2.24) is 0 Å². The van der Waals surface area contributed by atoms with Gasteiger partial charge in [-0.2, -0.15) is 0 Å². The van der Waals surface area contributed by atoms with Crippen molar-refractivity contribution in [3.63, 3.8) is 0 Å². The van der Waals surface area contributed by atoms with Gasteiger partial charge < -0.3 is 15.2 Å². The minimum Gasteiger partial charge on any atom is -0.460 e. The number of carbonyl (C=O) groups excluding carboxylic acids is 1. The van der Waals surface area contributed by atoms with E-state index < -0.39 is 5.97 Å². The minimum atomic E-state index is -0.410. The Morgan fingerprint density at radius 1 is 1.27 bits per heavy atom. The predicted molar refractivity (Wildman–Crippen MR) is 59.2 cm³/mol. The van der Waals surface area contributed by atoms with Crippen LogP contribution in [0, 0.1) is 0 Å². The molecule has 0 bridgehead atoms. The number of rotatable bonds is 8. The largest absolute Gasteiger partial charge is 0.460 e. The molecule has 0 spiro atoms. The topological polar surface area (TPSA) is 61.5 Å². The lowest BCUT2D eigenvalue weighted by Gasteiger charge is -2.04. The summed E-state index contributed by atoms with van der Waals surface area (Å²) < 4.78 is 10.1. The maximum atomic E-state index is 11.0. The molecule has 0 heterocycles. The molecule has 0 aliphatic heterocycles. The molecule has 0 aliphatic rings. The molecule has 0 rings (SSSR count). The van der Waals surface area contributed by atoms with Crippen LogP contribution in [0.1, 0.15) is 33.1 Å². The highest BCUT2D eigenvalue weighted by Gasteiger charge is 1.97. The van der Waals surface area contributed by atoms with Crippen LogP contribution in [-0.4, -0.2) is 25.8 Å². The van der Waals surface area contributed by atoms with E-state index in [-0.39, 0.29) is 6.61 Å². The summed E-state index contributed by atoms with van der Waals surface area (Å²) in [6, 6.07) is 0. The molecule has 0 saturated heterocycles. The van der Waals surface area contributed by atoms with Crippen molar-refractivity contribution in [3.8, 4) is 0 Å². The van der Waals surface area contributed by atoms with Crippen molar-refractivity contribution >= 4 is 5.97 Å². The number of allylic oxidation sites excluding steroid dienone is 1. The second kappa shape index (κ2) is 9.52. The average molecular weight is 215 g/mol. The third-order valence-corrected chi connectivity index (χ3v) is 1.71. The Kier molecular flexibility index (Phi) is 8.87. The predicted octanol–water partition coefficient (Wildman–Crippen LogP) is 1.60. The van der Waals surface area contributed by atoms with Crippen LogP contribution < -0.4 is 5.73 Å². The number of ether oxygens (including phenoxy) is 2. The molecule has 0 atom stereocenters. The van der Waals surface area contributed by atoms with E-state index in [9.17, 15) is 4.79 Å². The molecular weight excluding hydrogens is 194 g/mol. The number of hydrogen-bond acceptors (Lipinski definition) is 4. The lowest BCUT2D eigenvalue weighted by atomic mass is 10.3. The Balaban J connectivity index is 3.24. The highest BCUT2D eigenvalue weighted by atomic mass is 16.6. The first-order valence-corrected chi connectivity index (χ1v) is 5.35. The Bertz CT molecular complexity index is 198. The summed E-state index contributed by atoms with van der Waals surface area (Å²) in [4.78, 5) is 11.0. The van der Waals surface area contributed by atoms with E-state index in [1.54, 1.807) is 6.92 Å². The Morgan fingerprint density at radius 2 is 2.00 bits per heavy atom. The van der Waals surface area contributed by atoms with Crippen molar-refractivity contribution < 1.29 is 14.3 Å². The van der Waals surface area contributed by atoms with E-state index in [4.69, 9.17) is 15.2 Å². The highest BCUT2D eigenvalue weighted by molar-refractivity contribution is 5.82. The molecule has 0 amide bonds. The normalized spacial score (nSPS) is 11.5. The number of nitrogens with two attached hydrogens (primary N) is 1. The summed E-state index contributed by atoms with van der Waals surface area (Å²) >= 11 is 0. The molecule has 0 aromatic rings. The average Bonchev–Trinajstić information content (AvgIpc) is 2.15. The van der Waals surface area contributed by atoms with Gasteiger partial charge in [0.05, 0.1) is 6.61 Å². The van der Waals surface area contributed by atoms with Crippen LogP contribution in [0.3, 0.4) is 0 Å². The van der Waals surface area contributed by atoms with Gasteiger partial charge in [-0.05, 0) is 13.3 Å². The SMILES string of the molecule is CCCCCOCCOC(=O)C=C(C)N. The third-order valence-electron chi connectivity index (χ3n) is 1.71. The molecule has 0 fully saturated rings. The number of carbonyl (C=O) groups is 1. The zero-order valence-electron chi connectivity index (χ0n) is 9.62. The van der Waals surface area contributed by atoms with Crippen LogP contribution in [0.25, 0.3) is 0 Å². The monoisotopic (exact) mass is 215 g/mol. The summed E-state index contributed by atoms with van der Waals surface area (Å²) in [5, 5.41) is 0. The first-order chi connectivity index (χ1) is 7.16. The first-order valence-electron chi connectivity index (χ1n) is 5.35. The molecule has 0 aromatic heterocycles. The van der Waals surface area contributed by atoms with Crippen LogP contribution in [0.15, 0.2) is 11.8 Å². The van der Waals surface area contributed by atoms with Crippen LogP contribution in [0.4, 0.5) is 0 Å². The molecule has 0 aromatic carbocycles. The van der Waals surface area contributed by atoms with Gasteiger partial charge in [-0.1, -0.05) is 19.8 Å².